The Morgan fingerprint density at radius 3 is 2.76 bits per heavy atom. The van der Waals surface area contributed by atoms with E-state index in [0.717, 1.165) is 14.6 Å². The van der Waals surface area contributed by atoms with Gasteiger partial charge in [-0.2, -0.15) is 5.26 Å². The summed E-state index contributed by atoms with van der Waals surface area (Å²) in [5.41, 5.74) is 1.17. The molecule has 84 valence electrons. The van der Waals surface area contributed by atoms with Crippen molar-refractivity contribution in [2.45, 2.75) is 0 Å². The Labute approximate surface area is 115 Å². The number of halogens is 2. The second-order valence-corrected chi connectivity index (χ2v) is 4.90. The summed E-state index contributed by atoms with van der Waals surface area (Å²) in [7, 11) is 0. The van der Waals surface area contributed by atoms with Crippen molar-refractivity contribution < 1.29 is 0 Å². The Balaban J connectivity index is 2.28. The fourth-order valence-corrected chi connectivity index (χ4v) is 2.34. The zero-order valence-electron chi connectivity index (χ0n) is 8.48. The van der Waals surface area contributed by atoms with Crippen LogP contribution in [-0.4, -0.2) is 9.97 Å². The van der Waals surface area contributed by atoms with E-state index < -0.39 is 0 Å². The molecule has 0 aliphatic heterocycles. The van der Waals surface area contributed by atoms with Crippen LogP contribution in [0, 0.1) is 11.3 Å². The van der Waals surface area contributed by atoms with Gasteiger partial charge in [-0.15, -0.1) is 0 Å². The molecule has 1 aromatic heterocycles. The zero-order chi connectivity index (χ0) is 12.3. The third-order valence-corrected chi connectivity index (χ3v) is 3.10. The number of benzene rings is 1. The molecular formula is C11H6Br2N4. The summed E-state index contributed by atoms with van der Waals surface area (Å²) in [5, 5.41) is 11.8. The molecule has 0 atom stereocenters. The van der Waals surface area contributed by atoms with E-state index in [1.165, 1.54) is 0 Å². The summed E-state index contributed by atoms with van der Waals surface area (Å²) in [6, 6.07) is 9.23. The highest BCUT2D eigenvalue weighted by atomic mass is 79.9. The van der Waals surface area contributed by atoms with Crippen molar-refractivity contribution in [1.82, 2.24) is 9.97 Å². The highest BCUT2D eigenvalue weighted by molar-refractivity contribution is 9.11. The van der Waals surface area contributed by atoms with Crippen molar-refractivity contribution in [2.75, 3.05) is 5.32 Å². The molecule has 1 aromatic carbocycles. The molecule has 0 fully saturated rings. The summed E-state index contributed by atoms with van der Waals surface area (Å²) < 4.78 is 1.86. The van der Waals surface area contributed by atoms with Crippen LogP contribution in [0.3, 0.4) is 0 Å². The lowest BCUT2D eigenvalue weighted by Crippen LogP contribution is -1.98. The highest BCUT2D eigenvalue weighted by Gasteiger charge is 2.03. The molecule has 2 rings (SSSR count). The van der Waals surface area contributed by atoms with Gasteiger partial charge in [-0.25, -0.2) is 9.97 Å². The maximum absolute atomic E-state index is 8.74. The van der Waals surface area contributed by atoms with E-state index in [1.54, 1.807) is 12.3 Å². The first kappa shape index (κ1) is 12.0. The summed E-state index contributed by atoms with van der Waals surface area (Å²) >= 11 is 6.80. The molecule has 0 aliphatic rings. The van der Waals surface area contributed by atoms with Gasteiger partial charge in [0.25, 0.3) is 0 Å². The Kier molecular flexibility index (Phi) is 3.71. The summed E-state index contributed by atoms with van der Waals surface area (Å²) in [6.07, 6.45) is 1.54. The number of nitrogens with one attached hydrogen (secondary N) is 1. The monoisotopic (exact) mass is 352 g/mol. The quantitative estimate of drug-likeness (QED) is 0.895. The van der Waals surface area contributed by atoms with Gasteiger partial charge in [-0.1, -0.05) is 15.9 Å². The SMILES string of the molecule is N#Cc1ccnc(Nc2ccc(Br)cc2Br)n1. The molecule has 0 amide bonds. The lowest BCUT2D eigenvalue weighted by atomic mass is 10.3. The first-order valence-corrected chi connectivity index (χ1v) is 6.23. The minimum atomic E-state index is 0.329. The lowest BCUT2D eigenvalue weighted by Gasteiger charge is -2.06. The number of hydrogen-bond donors (Lipinski definition) is 1. The van der Waals surface area contributed by atoms with E-state index in [4.69, 9.17) is 5.26 Å². The van der Waals surface area contributed by atoms with Crippen molar-refractivity contribution >= 4 is 43.5 Å². The zero-order valence-corrected chi connectivity index (χ0v) is 11.7. The van der Waals surface area contributed by atoms with Crippen LogP contribution in [-0.2, 0) is 0 Å². The highest BCUT2D eigenvalue weighted by Crippen LogP contribution is 2.27. The number of nitriles is 1. The minimum Gasteiger partial charge on any atom is -0.323 e. The molecule has 2 aromatic rings. The van der Waals surface area contributed by atoms with Crippen molar-refractivity contribution in [1.29, 1.82) is 5.26 Å². The standard InChI is InChI=1S/C11H6Br2N4/c12-7-1-2-10(9(13)5-7)17-11-15-4-3-8(6-14)16-11/h1-5H,(H,15,16,17). The normalized spacial score (nSPS) is 9.71. The van der Waals surface area contributed by atoms with Gasteiger partial charge in [0.2, 0.25) is 5.95 Å². The number of hydrogen-bond acceptors (Lipinski definition) is 4. The molecule has 4 nitrogen and oxygen atoms in total. The van der Waals surface area contributed by atoms with E-state index in [2.05, 4.69) is 47.1 Å². The summed E-state index contributed by atoms with van der Waals surface area (Å²) in [4.78, 5) is 8.07. The van der Waals surface area contributed by atoms with E-state index in [0.29, 0.717) is 11.6 Å². The molecule has 6 heteroatoms. The first-order valence-electron chi connectivity index (χ1n) is 4.64. The van der Waals surface area contributed by atoms with Gasteiger partial charge in [-0.3, -0.25) is 0 Å². The molecule has 0 spiro atoms. The van der Waals surface area contributed by atoms with Crippen LogP contribution in [0.4, 0.5) is 11.6 Å². The largest absolute Gasteiger partial charge is 0.323 e. The average molecular weight is 354 g/mol. The molecule has 0 bridgehead atoms. The van der Waals surface area contributed by atoms with Gasteiger partial charge >= 0.3 is 0 Å². The number of rotatable bonds is 2. The molecule has 0 radical (unpaired) electrons. The van der Waals surface area contributed by atoms with Gasteiger partial charge in [0, 0.05) is 15.1 Å². The average Bonchev–Trinajstić information content (AvgIpc) is 2.33. The van der Waals surface area contributed by atoms with Gasteiger partial charge in [0.05, 0.1) is 5.69 Å². The van der Waals surface area contributed by atoms with Crippen LogP contribution in [0.15, 0.2) is 39.4 Å². The topological polar surface area (TPSA) is 61.6 Å². The second kappa shape index (κ2) is 5.25. The Morgan fingerprint density at radius 2 is 2.06 bits per heavy atom. The molecule has 1 N–H and O–H groups in total. The Morgan fingerprint density at radius 1 is 1.24 bits per heavy atom. The predicted molar refractivity (Wildman–Crippen MR) is 71.9 cm³/mol. The molecule has 0 unspecified atom stereocenters. The van der Waals surface area contributed by atoms with Crippen LogP contribution in [0.2, 0.25) is 0 Å². The number of nitrogens with zero attached hydrogens (tertiary/aromatic N) is 3. The number of anilines is 2. The van der Waals surface area contributed by atoms with E-state index in [1.807, 2.05) is 24.3 Å². The molecule has 0 saturated carbocycles. The van der Waals surface area contributed by atoms with Crippen molar-refractivity contribution in [3.8, 4) is 6.07 Å². The third-order valence-electron chi connectivity index (χ3n) is 1.95. The van der Waals surface area contributed by atoms with E-state index in [-0.39, 0.29) is 0 Å². The van der Waals surface area contributed by atoms with Crippen molar-refractivity contribution in [3.05, 3.63) is 45.1 Å². The molecule has 1 heterocycles. The Hall–Kier alpha value is -1.45. The van der Waals surface area contributed by atoms with Crippen molar-refractivity contribution in [3.63, 3.8) is 0 Å². The molecular weight excluding hydrogens is 348 g/mol. The smallest absolute Gasteiger partial charge is 0.228 e. The molecule has 17 heavy (non-hydrogen) atoms. The van der Waals surface area contributed by atoms with Crippen LogP contribution in [0.25, 0.3) is 0 Å². The van der Waals surface area contributed by atoms with E-state index >= 15 is 0 Å². The second-order valence-electron chi connectivity index (χ2n) is 3.13. The fraction of sp³-hybridized carbons (Fsp3) is 0. The molecule has 0 aliphatic carbocycles. The summed E-state index contributed by atoms with van der Waals surface area (Å²) in [6.45, 7) is 0. The van der Waals surface area contributed by atoms with Crippen LogP contribution >= 0.6 is 31.9 Å². The van der Waals surface area contributed by atoms with E-state index in [9.17, 15) is 0 Å². The maximum Gasteiger partial charge on any atom is 0.228 e. The lowest BCUT2D eigenvalue weighted by molar-refractivity contribution is 1.14. The van der Waals surface area contributed by atoms with Gasteiger partial charge < -0.3 is 5.32 Å². The van der Waals surface area contributed by atoms with Crippen molar-refractivity contribution in [2.24, 2.45) is 0 Å². The van der Waals surface area contributed by atoms with Crippen LogP contribution in [0.5, 0.6) is 0 Å². The predicted octanol–water partition coefficient (Wildman–Crippen LogP) is 3.62. The van der Waals surface area contributed by atoms with Gasteiger partial charge in [0.15, 0.2) is 0 Å². The van der Waals surface area contributed by atoms with Gasteiger partial charge in [0.1, 0.15) is 11.8 Å². The minimum absolute atomic E-state index is 0.329. The van der Waals surface area contributed by atoms with Crippen LogP contribution < -0.4 is 5.32 Å². The summed E-state index contributed by atoms with van der Waals surface area (Å²) in [5.74, 6) is 0.395. The molecule has 0 saturated heterocycles. The van der Waals surface area contributed by atoms with Gasteiger partial charge in [-0.05, 0) is 40.2 Å². The first-order chi connectivity index (χ1) is 8.19. The maximum atomic E-state index is 8.74. The fourth-order valence-electron chi connectivity index (χ4n) is 1.19. The van der Waals surface area contributed by atoms with Crippen LogP contribution in [0.1, 0.15) is 5.69 Å². The number of aromatic nitrogens is 2. The third kappa shape index (κ3) is 3.02. The Bertz CT molecular complexity index is 592.